The number of halogens is 1. The molecule has 0 aliphatic heterocycles. The average molecular weight is 506 g/mol. The van der Waals surface area contributed by atoms with Crippen molar-refractivity contribution in [3.05, 3.63) is 77.4 Å². The summed E-state index contributed by atoms with van der Waals surface area (Å²) < 4.78 is 23.3. The minimum Gasteiger partial charge on any atom is -0.497 e. The van der Waals surface area contributed by atoms with Crippen LogP contribution in [0.1, 0.15) is 11.1 Å². The zero-order chi connectivity index (χ0) is 25.1. The molecule has 1 N–H and O–H groups in total. The second kappa shape index (κ2) is 10.3. The van der Waals surface area contributed by atoms with E-state index in [0.717, 1.165) is 44.8 Å². The third-order valence-electron chi connectivity index (χ3n) is 5.85. The van der Waals surface area contributed by atoms with E-state index >= 15 is 0 Å². The van der Waals surface area contributed by atoms with Gasteiger partial charge in [-0.05, 0) is 23.8 Å². The number of nitrogens with one attached hydrogen (secondary N) is 1. The molecular weight excluding hydrogens is 482 g/mol. The minimum atomic E-state index is 0.370. The highest BCUT2D eigenvalue weighted by molar-refractivity contribution is 6.30. The van der Waals surface area contributed by atoms with Crippen molar-refractivity contribution in [2.75, 3.05) is 21.3 Å². The van der Waals surface area contributed by atoms with Crippen LogP contribution in [0.5, 0.6) is 17.2 Å². The van der Waals surface area contributed by atoms with Gasteiger partial charge in [-0.25, -0.2) is 9.67 Å². The van der Waals surface area contributed by atoms with Crippen molar-refractivity contribution in [1.82, 2.24) is 25.2 Å². The lowest BCUT2D eigenvalue weighted by atomic mass is 10.1. The monoisotopic (exact) mass is 505 g/mol. The fourth-order valence-corrected chi connectivity index (χ4v) is 4.20. The van der Waals surface area contributed by atoms with Crippen molar-refractivity contribution in [2.24, 2.45) is 0 Å². The van der Waals surface area contributed by atoms with E-state index in [0.29, 0.717) is 29.7 Å². The molecule has 36 heavy (non-hydrogen) atoms. The molecule has 0 saturated heterocycles. The number of nitrogens with zero attached hydrogens (tertiary/aromatic N) is 4. The second-order valence-corrected chi connectivity index (χ2v) is 8.37. The first-order valence-electron chi connectivity index (χ1n) is 11.1. The first-order chi connectivity index (χ1) is 17.6. The van der Waals surface area contributed by atoms with Gasteiger partial charge in [-0.15, -0.1) is 0 Å². The van der Waals surface area contributed by atoms with Crippen LogP contribution in [0.15, 0.2) is 65.6 Å². The average Bonchev–Trinajstić information content (AvgIpc) is 3.56. The minimum absolute atomic E-state index is 0.370. The third kappa shape index (κ3) is 4.58. The molecule has 3 aromatic heterocycles. The van der Waals surface area contributed by atoms with Crippen LogP contribution in [0.4, 0.5) is 0 Å². The summed E-state index contributed by atoms with van der Waals surface area (Å²) in [6, 6.07) is 13.6. The van der Waals surface area contributed by atoms with Crippen LogP contribution in [0.3, 0.4) is 0 Å². The summed E-state index contributed by atoms with van der Waals surface area (Å²) in [5.74, 6) is 2.20. The van der Waals surface area contributed by atoms with Crippen LogP contribution in [-0.2, 0) is 13.1 Å². The van der Waals surface area contributed by atoms with Gasteiger partial charge in [0.25, 0.3) is 0 Å². The number of rotatable bonds is 9. The van der Waals surface area contributed by atoms with Gasteiger partial charge in [0.1, 0.15) is 40.0 Å². The molecule has 3 heterocycles. The predicted molar refractivity (Wildman–Crippen MR) is 136 cm³/mol. The van der Waals surface area contributed by atoms with Crippen molar-refractivity contribution in [3.8, 4) is 34.2 Å². The predicted octanol–water partition coefficient (Wildman–Crippen LogP) is 5.04. The molecule has 0 aliphatic rings. The fraction of sp³-hybridized carbons (Fsp3) is 0.192. The molecule has 0 aliphatic carbocycles. The Morgan fingerprint density at radius 3 is 2.56 bits per heavy atom. The van der Waals surface area contributed by atoms with E-state index in [1.807, 2.05) is 36.4 Å². The number of pyridine rings is 1. The molecule has 0 bridgehead atoms. The van der Waals surface area contributed by atoms with Crippen molar-refractivity contribution < 1.29 is 18.7 Å². The van der Waals surface area contributed by atoms with Crippen LogP contribution < -0.4 is 19.5 Å². The Hall–Kier alpha value is -4.08. The van der Waals surface area contributed by atoms with E-state index in [9.17, 15) is 0 Å². The highest BCUT2D eigenvalue weighted by Crippen LogP contribution is 2.33. The molecule has 0 spiro atoms. The Bertz CT molecular complexity index is 1500. The number of hydrogen-bond donors (Lipinski definition) is 1. The summed E-state index contributed by atoms with van der Waals surface area (Å²) >= 11 is 6.22. The lowest BCUT2D eigenvalue weighted by Crippen LogP contribution is -2.14. The molecule has 184 valence electrons. The standard InChI is InChI=1S/C26H24ClN5O4/c1-33-19-6-5-17(23(9-19)34-2)12-28-11-16-4-7-21(24(8-16)35-3)32-22-10-25(27)29-14-20(22)26(31-32)18-13-30-36-15-18/h4-10,13-15,28H,11-12H2,1-3H3. The van der Waals surface area contributed by atoms with Crippen molar-refractivity contribution in [1.29, 1.82) is 0 Å². The van der Waals surface area contributed by atoms with Gasteiger partial charge in [0.05, 0.1) is 38.6 Å². The highest BCUT2D eigenvalue weighted by atomic mass is 35.5. The van der Waals surface area contributed by atoms with Crippen LogP contribution in [0.2, 0.25) is 5.15 Å². The maximum Gasteiger partial charge on any atom is 0.144 e. The molecule has 0 atom stereocenters. The Labute approximate surface area is 212 Å². The summed E-state index contributed by atoms with van der Waals surface area (Å²) in [5, 5.41) is 13.3. The molecule has 10 heteroatoms. The van der Waals surface area contributed by atoms with E-state index in [1.54, 1.807) is 50.7 Å². The van der Waals surface area contributed by atoms with Gasteiger partial charge < -0.3 is 24.1 Å². The number of benzene rings is 2. The zero-order valence-corrected chi connectivity index (χ0v) is 20.7. The Morgan fingerprint density at radius 1 is 0.944 bits per heavy atom. The summed E-state index contributed by atoms with van der Waals surface area (Å²) in [6.45, 7) is 1.27. The maximum atomic E-state index is 6.22. The fourth-order valence-electron chi connectivity index (χ4n) is 4.05. The van der Waals surface area contributed by atoms with Crippen LogP contribution in [-0.4, -0.2) is 41.3 Å². The smallest absolute Gasteiger partial charge is 0.144 e. The Kier molecular flexibility index (Phi) is 6.75. The van der Waals surface area contributed by atoms with Crippen LogP contribution in [0, 0.1) is 0 Å². The van der Waals surface area contributed by atoms with Crippen LogP contribution >= 0.6 is 11.6 Å². The summed E-state index contributed by atoms with van der Waals surface area (Å²) in [4.78, 5) is 4.23. The SMILES string of the molecule is COc1ccc(CNCc2ccc(-n3nc(-c4cnoc4)c4cnc(Cl)cc43)c(OC)c2)c(OC)c1. The maximum absolute atomic E-state index is 6.22. The summed E-state index contributed by atoms with van der Waals surface area (Å²) in [6.07, 6.45) is 4.86. The first kappa shape index (κ1) is 23.7. The molecule has 5 aromatic rings. The number of fused-ring (bicyclic) bond motifs is 1. The van der Waals surface area contributed by atoms with E-state index < -0.39 is 0 Å². The lowest BCUT2D eigenvalue weighted by Gasteiger charge is -2.13. The van der Waals surface area contributed by atoms with Gasteiger partial charge in [0.15, 0.2) is 0 Å². The number of hydrogen-bond acceptors (Lipinski definition) is 8. The molecule has 0 fully saturated rings. The van der Waals surface area contributed by atoms with Gasteiger partial charge in [-0.2, -0.15) is 5.10 Å². The zero-order valence-electron chi connectivity index (χ0n) is 20.0. The second-order valence-electron chi connectivity index (χ2n) is 7.99. The Morgan fingerprint density at radius 2 is 1.81 bits per heavy atom. The number of ether oxygens (including phenoxy) is 3. The number of methoxy groups -OCH3 is 3. The van der Waals surface area contributed by atoms with E-state index in [2.05, 4.69) is 15.5 Å². The normalized spacial score (nSPS) is 11.1. The molecule has 0 unspecified atom stereocenters. The molecule has 0 radical (unpaired) electrons. The topological polar surface area (TPSA) is 96.5 Å². The summed E-state index contributed by atoms with van der Waals surface area (Å²) in [5.41, 5.74) is 5.10. The molecule has 0 amide bonds. The van der Waals surface area contributed by atoms with Crippen molar-refractivity contribution in [2.45, 2.75) is 13.1 Å². The van der Waals surface area contributed by atoms with E-state index in [1.165, 1.54) is 0 Å². The van der Waals surface area contributed by atoms with E-state index in [4.69, 9.17) is 35.4 Å². The molecule has 9 nitrogen and oxygen atoms in total. The largest absolute Gasteiger partial charge is 0.497 e. The Balaban J connectivity index is 1.42. The molecule has 0 saturated carbocycles. The van der Waals surface area contributed by atoms with Crippen molar-refractivity contribution in [3.63, 3.8) is 0 Å². The van der Waals surface area contributed by atoms with Gasteiger partial charge in [0, 0.05) is 42.4 Å². The van der Waals surface area contributed by atoms with Gasteiger partial charge >= 0.3 is 0 Å². The summed E-state index contributed by atoms with van der Waals surface area (Å²) in [7, 11) is 4.93. The molecule has 2 aromatic carbocycles. The molecular formula is C26H24ClN5O4. The van der Waals surface area contributed by atoms with E-state index in [-0.39, 0.29) is 0 Å². The third-order valence-corrected chi connectivity index (χ3v) is 6.06. The first-order valence-corrected chi connectivity index (χ1v) is 11.5. The van der Waals surface area contributed by atoms with Crippen LogP contribution in [0.25, 0.3) is 27.8 Å². The van der Waals surface area contributed by atoms with Gasteiger partial charge in [-0.1, -0.05) is 28.9 Å². The quantitative estimate of drug-likeness (QED) is 0.278. The lowest BCUT2D eigenvalue weighted by molar-refractivity contribution is 0.389. The molecule has 5 rings (SSSR count). The van der Waals surface area contributed by atoms with Crippen molar-refractivity contribution >= 4 is 22.5 Å². The highest BCUT2D eigenvalue weighted by Gasteiger charge is 2.18. The van der Waals surface area contributed by atoms with Gasteiger partial charge in [0.2, 0.25) is 0 Å². The van der Waals surface area contributed by atoms with Gasteiger partial charge in [-0.3, -0.25) is 0 Å². The number of aromatic nitrogens is 4.